The van der Waals surface area contributed by atoms with Crippen molar-refractivity contribution < 1.29 is 8.83 Å². The topological polar surface area (TPSA) is 29.5 Å². The third-order valence-electron chi connectivity index (χ3n) is 10.3. The summed E-state index contributed by atoms with van der Waals surface area (Å²) < 4.78 is 15.6. The minimum absolute atomic E-state index is 0.860. The zero-order valence-electron chi connectivity index (χ0n) is 27.9. The van der Waals surface area contributed by atoms with Crippen LogP contribution in [0.1, 0.15) is 0 Å². The number of benzene rings is 8. The van der Waals surface area contributed by atoms with Crippen LogP contribution in [0.3, 0.4) is 0 Å². The highest BCUT2D eigenvalue weighted by atomic mass is 32.1. The van der Waals surface area contributed by atoms with Gasteiger partial charge in [-0.15, -0.1) is 11.3 Å². The first kappa shape index (κ1) is 29.1. The van der Waals surface area contributed by atoms with Crippen molar-refractivity contribution in [2.24, 2.45) is 0 Å². The Morgan fingerprint density at radius 3 is 1.56 bits per heavy atom. The van der Waals surface area contributed by atoms with Gasteiger partial charge in [-0.3, -0.25) is 0 Å². The first-order valence-corrected chi connectivity index (χ1v) is 18.3. The predicted molar refractivity (Wildman–Crippen MR) is 219 cm³/mol. The molecule has 0 aliphatic carbocycles. The van der Waals surface area contributed by atoms with Crippen LogP contribution in [0.5, 0.6) is 0 Å². The molecule has 8 aromatic carbocycles. The molecule has 11 rings (SSSR count). The lowest BCUT2D eigenvalue weighted by Gasteiger charge is -2.26. The third-order valence-corrected chi connectivity index (χ3v) is 11.5. The minimum atomic E-state index is 0.860. The normalized spacial score (nSPS) is 11.8. The Labute approximate surface area is 303 Å². The average molecular weight is 684 g/mol. The Morgan fingerprint density at radius 1 is 0.365 bits per heavy atom. The van der Waals surface area contributed by atoms with Crippen LogP contribution in [0.4, 0.5) is 17.1 Å². The second-order valence-electron chi connectivity index (χ2n) is 13.2. The highest BCUT2D eigenvalue weighted by Crippen LogP contribution is 2.45. The van der Waals surface area contributed by atoms with Gasteiger partial charge >= 0.3 is 0 Å². The molecule has 244 valence electrons. The van der Waals surface area contributed by atoms with Crippen LogP contribution in [0.2, 0.25) is 0 Å². The van der Waals surface area contributed by atoms with Crippen LogP contribution in [-0.4, -0.2) is 0 Å². The van der Waals surface area contributed by atoms with E-state index >= 15 is 0 Å². The fourth-order valence-electron chi connectivity index (χ4n) is 7.86. The molecule has 0 N–H and O–H groups in total. The van der Waals surface area contributed by atoms with Crippen molar-refractivity contribution in [2.45, 2.75) is 0 Å². The van der Waals surface area contributed by atoms with Gasteiger partial charge in [-0.1, -0.05) is 127 Å². The smallest absolute Gasteiger partial charge is 0.159 e. The molecule has 0 spiro atoms. The fourth-order valence-corrected chi connectivity index (χ4v) is 9.10. The Balaban J connectivity index is 1.06. The number of fused-ring (bicyclic) bond motifs is 9. The fraction of sp³-hybridized carbons (Fsp3) is 0. The summed E-state index contributed by atoms with van der Waals surface area (Å²) in [6.07, 6.45) is 0. The van der Waals surface area contributed by atoms with E-state index in [1.165, 1.54) is 31.3 Å². The molecule has 0 fully saturated rings. The maximum absolute atomic E-state index is 6.59. The summed E-state index contributed by atoms with van der Waals surface area (Å²) in [5, 5.41) is 7.08. The molecule has 3 aromatic heterocycles. The van der Waals surface area contributed by atoms with Crippen LogP contribution in [-0.2, 0) is 0 Å². The van der Waals surface area contributed by atoms with E-state index < -0.39 is 0 Å². The van der Waals surface area contributed by atoms with E-state index in [1.807, 2.05) is 35.6 Å². The van der Waals surface area contributed by atoms with Crippen molar-refractivity contribution in [1.82, 2.24) is 0 Å². The van der Waals surface area contributed by atoms with Gasteiger partial charge in [-0.2, -0.15) is 0 Å². The molecule has 0 saturated carbocycles. The van der Waals surface area contributed by atoms with Gasteiger partial charge in [-0.05, 0) is 65.2 Å². The minimum Gasteiger partial charge on any atom is -0.455 e. The molecule has 3 nitrogen and oxygen atoms in total. The molecular formula is C48H29NO2S. The number of hydrogen-bond donors (Lipinski definition) is 0. The number of hydrogen-bond acceptors (Lipinski definition) is 4. The van der Waals surface area contributed by atoms with Crippen molar-refractivity contribution in [3.63, 3.8) is 0 Å². The van der Waals surface area contributed by atoms with Crippen LogP contribution < -0.4 is 4.90 Å². The number of para-hydroxylation sites is 4. The monoisotopic (exact) mass is 683 g/mol. The Morgan fingerprint density at radius 2 is 0.865 bits per heavy atom. The van der Waals surface area contributed by atoms with Crippen molar-refractivity contribution in [3.05, 3.63) is 176 Å². The summed E-state index contributed by atoms with van der Waals surface area (Å²) in [5.74, 6) is 0. The lowest BCUT2D eigenvalue weighted by atomic mass is 10.0. The summed E-state index contributed by atoms with van der Waals surface area (Å²) in [6, 6.07) is 62.4. The number of thiophene rings is 1. The van der Waals surface area contributed by atoms with Gasteiger partial charge < -0.3 is 13.7 Å². The Bertz CT molecular complexity index is 2970. The lowest BCUT2D eigenvalue weighted by molar-refractivity contribution is 0.669. The highest BCUT2D eigenvalue weighted by molar-refractivity contribution is 7.26. The van der Waals surface area contributed by atoms with Gasteiger partial charge in [0.25, 0.3) is 0 Å². The summed E-state index contributed by atoms with van der Waals surface area (Å²) in [7, 11) is 0. The Kier molecular flexibility index (Phi) is 6.42. The van der Waals surface area contributed by atoms with E-state index in [-0.39, 0.29) is 0 Å². The van der Waals surface area contributed by atoms with Gasteiger partial charge in [0.1, 0.15) is 16.7 Å². The van der Waals surface area contributed by atoms with Crippen LogP contribution in [0, 0.1) is 0 Å². The van der Waals surface area contributed by atoms with Gasteiger partial charge in [0.2, 0.25) is 0 Å². The van der Waals surface area contributed by atoms with E-state index in [2.05, 4.69) is 157 Å². The van der Waals surface area contributed by atoms with Gasteiger partial charge in [0.05, 0.1) is 5.69 Å². The average Bonchev–Trinajstić information content (AvgIpc) is 3.90. The van der Waals surface area contributed by atoms with Crippen molar-refractivity contribution in [3.8, 4) is 22.3 Å². The van der Waals surface area contributed by atoms with Crippen LogP contribution in [0.25, 0.3) is 86.3 Å². The summed E-state index contributed by atoms with van der Waals surface area (Å²) >= 11 is 1.86. The second kappa shape index (κ2) is 11.5. The maximum Gasteiger partial charge on any atom is 0.159 e. The molecule has 4 heteroatoms. The van der Waals surface area contributed by atoms with E-state index in [9.17, 15) is 0 Å². The number of furan rings is 2. The maximum atomic E-state index is 6.59. The van der Waals surface area contributed by atoms with Crippen molar-refractivity contribution >= 4 is 92.4 Å². The van der Waals surface area contributed by atoms with Crippen LogP contribution >= 0.6 is 11.3 Å². The number of nitrogens with zero attached hydrogens (tertiary/aromatic N) is 1. The van der Waals surface area contributed by atoms with E-state index in [0.29, 0.717) is 0 Å². The number of rotatable bonds is 5. The van der Waals surface area contributed by atoms with Gasteiger partial charge in [-0.25, -0.2) is 0 Å². The molecule has 3 heterocycles. The SMILES string of the molecule is c1ccc2c(c1)oc1c(-c3ccc(N(c4ccc(-c5cccc6c5sc5ccccc56)cc4)c4cccc5c4oc4ccccc45)cc3)cccc12. The molecule has 0 unspecified atom stereocenters. The molecule has 0 amide bonds. The van der Waals surface area contributed by atoms with E-state index in [0.717, 1.165) is 72.1 Å². The molecule has 0 saturated heterocycles. The first-order chi connectivity index (χ1) is 25.8. The first-order valence-electron chi connectivity index (χ1n) is 17.5. The largest absolute Gasteiger partial charge is 0.455 e. The quantitative estimate of drug-likeness (QED) is 0.181. The van der Waals surface area contributed by atoms with E-state index in [1.54, 1.807) is 0 Å². The predicted octanol–water partition coefficient (Wildman–Crippen LogP) is 14.7. The zero-order valence-corrected chi connectivity index (χ0v) is 28.7. The zero-order chi connectivity index (χ0) is 34.2. The molecule has 0 radical (unpaired) electrons. The lowest BCUT2D eigenvalue weighted by Crippen LogP contribution is -2.10. The summed E-state index contributed by atoms with van der Waals surface area (Å²) in [6.45, 7) is 0. The van der Waals surface area contributed by atoms with Crippen molar-refractivity contribution in [2.75, 3.05) is 4.90 Å². The highest BCUT2D eigenvalue weighted by Gasteiger charge is 2.20. The molecule has 0 aliphatic heterocycles. The Hall–Kier alpha value is -6.62. The molecule has 11 aromatic rings. The molecule has 52 heavy (non-hydrogen) atoms. The molecule has 0 bridgehead atoms. The standard InChI is InChI=1S/C48H29NO2S/c1-4-19-43-36(10-1)39-15-7-13-34(46(39)50-43)30-22-26-32(27-23-30)49(42-18-9-16-40-37-11-2-5-20-44(37)51-47(40)42)33-28-24-31(25-29-33)35-14-8-17-41-38-12-3-6-21-45(38)52-48(35)41/h1-29H. The second-order valence-corrected chi connectivity index (χ2v) is 14.3. The van der Waals surface area contributed by atoms with Crippen molar-refractivity contribution in [1.29, 1.82) is 0 Å². The molecule has 0 aliphatic rings. The van der Waals surface area contributed by atoms with Gasteiger partial charge in [0, 0.05) is 58.7 Å². The number of anilines is 3. The summed E-state index contributed by atoms with van der Waals surface area (Å²) in [4.78, 5) is 2.31. The van der Waals surface area contributed by atoms with Gasteiger partial charge in [0.15, 0.2) is 5.58 Å². The molecular weight excluding hydrogens is 655 g/mol. The van der Waals surface area contributed by atoms with Crippen LogP contribution in [0.15, 0.2) is 185 Å². The molecule has 0 atom stereocenters. The summed E-state index contributed by atoms with van der Waals surface area (Å²) in [5.41, 5.74) is 11.2. The third kappa shape index (κ3) is 4.45. The van der Waals surface area contributed by atoms with E-state index in [4.69, 9.17) is 8.83 Å².